The molecule has 2 amide bonds. The van der Waals surface area contributed by atoms with Crippen molar-refractivity contribution in [2.75, 3.05) is 6.54 Å². The maximum absolute atomic E-state index is 12.4. The number of aryl methyl sites for hydroxylation is 1. The van der Waals surface area contributed by atoms with Gasteiger partial charge in [0.25, 0.3) is 5.91 Å². The molecule has 1 aliphatic heterocycles. The molecule has 6 nitrogen and oxygen atoms in total. The molecule has 0 aromatic carbocycles. The molecule has 0 aliphatic carbocycles. The fourth-order valence-corrected chi connectivity index (χ4v) is 3.07. The fourth-order valence-electron chi connectivity index (χ4n) is 2.42. The van der Waals surface area contributed by atoms with E-state index in [1.54, 1.807) is 6.92 Å². The van der Waals surface area contributed by atoms with E-state index in [0.29, 0.717) is 24.6 Å². The molecule has 0 unspecified atom stereocenters. The molecule has 2 aromatic rings. The number of hydrogen-bond acceptors (Lipinski definition) is 5. The van der Waals surface area contributed by atoms with Crippen LogP contribution in [0.4, 0.5) is 0 Å². The summed E-state index contributed by atoms with van der Waals surface area (Å²) in [5, 5.41) is 7.47. The zero-order valence-corrected chi connectivity index (χ0v) is 13.0. The van der Waals surface area contributed by atoms with Crippen LogP contribution in [0.5, 0.6) is 0 Å². The molecule has 1 saturated heterocycles. The van der Waals surface area contributed by atoms with Gasteiger partial charge in [-0.3, -0.25) is 9.59 Å². The smallest absolute Gasteiger partial charge is 0.274 e. The van der Waals surface area contributed by atoms with E-state index in [-0.39, 0.29) is 17.5 Å². The van der Waals surface area contributed by atoms with Crippen LogP contribution < -0.4 is 10.6 Å². The minimum Gasteiger partial charge on any atom is -0.440 e. The van der Waals surface area contributed by atoms with Gasteiger partial charge < -0.3 is 15.1 Å². The molecule has 1 atom stereocenters. The highest BCUT2D eigenvalue weighted by Gasteiger charge is 2.26. The lowest BCUT2D eigenvalue weighted by Gasteiger charge is -2.14. The van der Waals surface area contributed by atoms with Crippen molar-refractivity contribution < 1.29 is 14.0 Å². The van der Waals surface area contributed by atoms with Crippen molar-refractivity contribution in [3.63, 3.8) is 0 Å². The van der Waals surface area contributed by atoms with Crippen LogP contribution in [0.2, 0.25) is 0 Å². The third kappa shape index (κ3) is 3.04. The van der Waals surface area contributed by atoms with Gasteiger partial charge in [0.15, 0.2) is 5.69 Å². The summed E-state index contributed by atoms with van der Waals surface area (Å²) in [7, 11) is 0. The molecule has 22 heavy (non-hydrogen) atoms. The quantitative estimate of drug-likeness (QED) is 0.907. The topological polar surface area (TPSA) is 84.2 Å². The van der Waals surface area contributed by atoms with Crippen LogP contribution in [0.25, 0.3) is 10.8 Å². The second kappa shape index (κ2) is 6.31. The van der Waals surface area contributed by atoms with E-state index < -0.39 is 6.04 Å². The Bertz CT molecular complexity index is 678. The van der Waals surface area contributed by atoms with Crippen molar-refractivity contribution in [3.8, 4) is 10.8 Å². The Morgan fingerprint density at radius 1 is 1.50 bits per heavy atom. The highest BCUT2D eigenvalue weighted by atomic mass is 32.1. The molecule has 0 spiro atoms. The molecule has 0 saturated carbocycles. The van der Waals surface area contributed by atoms with Crippen LogP contribution in [-0.2, 0) is 4.79 Å². The van der Waals surface area contributed by atoms with Gasteiger partial charge in [0, 0.05) is 6.54 Å². The summed E-state index contributed by atoms with van der Waals surface area (Å²) in [6, 6.07) is 3.28. The van der Waals surface area contributed by atoms with E-state index in [1.807, 2.05) is 17.5 Å². The number of oxazole rings is 1. The summed E-state index contributed by atoms with van der Waals surface area (Å²) in [5.74, 6) is 0.384. The first kappa shape index (κ1) is 14.8. The summed E-state index contributed by atoms with van der Waals surface area (Å²) in [4.78, 5) is 29.4. The molecule has 3 rings (SSSR count). The first-order valence-corrected chi connectivity index (χ1v) is 8.13. The molecule has 1 fully saturated rings. The fraction of sp³-hybridized carbons (Fsp3) is 0.400. The molecule has 1 aliphatic rings. The van der Waals surface area contributed by atoms with Gasteiger partial charge in [0.05, 0.1) is 4.88 Å². The molecular formula is C15H17N3O3S. The number of hydrogen-bond donors (Lipinski definition) is 2. The monoisotopic (exact) mass is 319 g/mol. The van der Waals surface area contributed by atoms with Gasteiger partial charge >= 0.3 is 0 Å². The van der Waals surface area contributed by atoms with Crippen molar-refractivity contribution >= 4 is 23.2 Å². The molecule has 7 heteroatoms. The number of amides is 2. The van der Waals surface area contributed by atoms with Gasteiger partial charge in [-0.05, 0) is 37.6 Å². The van der Waals surface area contributed by atoms with Gasteiger partial charge in [-0.2, -0.15) is 0 Å². The average molecular weight is 319 g/mol. The first-order valence-electron chi connectivity index (χ1n) is 7.25. The number of carbonyl (C=O) groups excluding carboxylic acids is 2. The SMILES string of the molecule is Cc1oc(-c2cccs2)nc1C(=O)N[C@H]1CCCCNC1=O. The summed E-state index contributed by atoms with van der Waals surface area (Å²) in [6.07, 6.45) is 2.48. The number of nitrogens with zero attached hydrogens (tertiary/aromatic N) is 1. The van der Waals surface area contributed by atoms with E-state index in [9.17, 15) is 9.59 Å². The van der Waals surface area contributed by atoms with Gasteiger partial charge in [0.1, 0.15) is 11.8 Å². The second-order valence-corrected chi connectivity index (χ2v) is 6.16. The summed E-state index contributed by atoms with van der Waals surface area (Å²) in [5.41, 5.74) is 0.237. The number of thiophene rings is 1. The zero-order chi connectivity index (χ0) is 15.5. The number of carbonyl (C=O) groups is 2. The lowest BCUT2D eigenvalue weighted by atomic mass is 10.1. The molecule has 2 aromatic heterocycles. The van der Waals surface area contributed by atoms with Crippen molar-refractivity contribution in [3.05, 3.63) is 29.0 Å². The summed E-state index contributed by atoms with van der Waals surface area (Å²) < 4.78 is 5.56. The first-order chi connectivity index (χ1) is 10.6. The van der Waals surface area contributed by atoms with Gasteiger partial charge in [-0.25, -0.2) is 4.98 Å². The maximum Gasteiger partial charge on any atom is 0.274 e. The largest absolute Gasteiger partial charge is 0.440 e. The summed E-state index contributed by atoms with van der Waals surface area (Å²) in [6.45, 7) is 2.36. The van der Waals surface area contributed by atoms with Crippen molar-refractivity contribution in [1.82, 2.24) is 15.6 Å². The molecule has 0 bridgehead atoms. The predicted octanol–water partition coefficient (Wildman–Crippen LogP) is 2.11. The van der Waals surface area contributed by atoms with Gasteiger partial charge in [0.2, 0.25) is 11.8 Å². The molecule has 3 heterocycles. The molecule has 116 valence electrons. The molecule has 2 N–H and O–H groups in total. The van der Waals surface area contributed by atoms with Crippen LogP contribution in [0.3, 0.4) is 0 Å². The molecular weight excluding hydrogens is 302 g/mol. The lowest BCUT2D eigenvalue weighted by molar-refractivity contribution is -0.122. The number of aromatic nitrogens is 1. The molecule has 0 radical (unpaired) electrons. The van der Waals surface area contributed by atoms with Gasteiger partial charge in [-0.1, -0.05) is 6.07 Å². The minimum atomic E-state index is -0.503. The van der Waals surface area contributed by atoms with Crippen LogP contribution in [0.15, 0.2) is 21.9 Å². The van der Waals surface area contributed by atoms with Gasteiger partial charge in [-0.15, -0.1) is 11.3 Å². The van der Waals surface area contributed by atoms with E-state index in [0.717, 1.165) is 17.7 Å². The normalized spacial score (nSPS) is 18.6. The maximum atomic E-state index is 12.4. The Kier molecular flexibility index (Phi) is 4.24. The van der Waals surface area contributed by atoms with Crippen LogP contribution in [-0.4, -0.2) is 29.4 Å². The second-order valence-electron chi connectivity index (χ2n) is 5.21. The Balaban J connectivity index is 1.76. The van der Waals surface area contributed by atoms with Crippen LogP contribution in [0.1, 0.15) is 35.5 Å². The Labute approximate surface area is 131 Å². The zero-order valence-electron chi connectivity index (χ0n) is 12.2. The lowest BCUT2D eigenvalue weighted by Crippen LogP contribution is -2.45. The number of nitrogens with one attached hydrogen (secondary N) is 2. The van der Waals surface area contributed by atoms with Crippen LogP contribution in [0, 0.1) is 6.92 Å². The van der Waals surface area contributed by atoms with E-state index in [2.05, 4.69) is 15.6 Å². The van der Waals surface area contributed by atoms with E-state index in [4.69, 9.17) is 4.42 Å². The van der Waals surface area contributed by atoms with E-state index in [1.165, 1.54) is 11.3 Å². The minimum absolute atomic E-state index is 0.134. The third-order valence-corrected chi connectivity index (χ3v) is 4.44. The highest BCUT2D eigenvalue weighted by Crippen LogP contribution is 2.25. The Morgan fingerprint density at radius 2 is 2.36 bits per heavy atom. The third-order valence-electron chi connectivity index (χ3n) is 3.58. The highest BCUT2D eigenvalue weighted by molar-refractivity contribution is 7.13. The Hall–Kier alpha value is -2.15. The average Bonchev–Trinajstić information content (AvgIpc) is 3.10. The van der Waals surface area contributed by atoms with Crippen LogP contribution >= 0.6 is 11.3 Å². The predicted molar refractivity (Wildman–Crippen MR) is 82.7 cm³/mol. The summed E-state index contributed by atoms with van der Waals surface area (Å²) >= 11 is 1.50. The van der Waals surface area contributed by atoms with Crippen molar-refractivity contribution in [2.45, 2.75) is 32.2 Å². The Morgan fingerprint density at radius 3 is 3.14 bits per heavy atom. The number of rotatable bonds is 3. The van der Waals surface area contributed by atoms with Crippen molar-refractivity contribution in [2.24, 2.45) is 0 Å². The van der Waals surface area contributed by atoms with E-state index >= 15 is 0 Å². The van der Waals surface area contributed by atoms with Crippen molar-refractivity contribution in [1.29, 1.82) is 0 Å². The standard InChI is InChI=1S/C15H17N3O3S/c1-9-12(18-15(21-9)11-6-4-8-22-11)14(20)17-10-5-2-3-7-16-13(10)19/h4,6,8,10H,2-3,5,7H2,1H3,(H,16,19)(H,17,20)/t10-/m0/s1.